The van der Waals surface area contributed by atoms with Crippen molar-refractivity contribution in [2.45, 2.75) is 18.4 Å². The van der Waals surface area contributed by atoms with Crippen LogP contribution in [0, 0.1) is 5.92 Å². The number of hydrogen-bond acceptors (Lipinski definition) is 4. The lowest BCUT2D eigenvalue weighted by molar-refractivity contribution is 0.0544. The van der Waals surface area contributed by atoms with Gasteiger partial charge in [-0.3, -0.25) is 0 Å². The van der Waals surface area contributed by atoms with Crippen molar-refractivity contribution in [3.8, 4) is 22.6 Å². The van der Waals surface area contributed by atoms with Crippen LogP contribution in [0.1, 0.15) is 24.1 Å². The van der Waals surface area contributed by atoms with Crippen LogP contribution in [0.15, 0.2) is 66.7 Å². The van der Waals surface area contributed by atoms with E-state index in [1.165, 1.54) is 27.9 Å². The van der Waals surface area contributed by atoms with Gasteiger partial charge in [-0.15, -0.1) is 0 Å². The molecule has 0 radical (unpaired) electrons. The largest absolute Gasteiger partial charge is 0.497 e. The van der Waals surface area contributed by atoms with E-state index in [2.05, 4.69) is 60.8 Å². The molecule has 0 aromatic heterocycles. The highest BCUT2D eigenvalue weighted by Crippen LogP contribution is 2.52. The molecule has 0 amide bonds. The molecule has 3 aromatic carbocycles. The summed E-state index contributed by atoms with van der Waals surface area (Å²) in [4.78, 5) is 0. The molecule has 154 valence electrons. The molecule has 0 bridgehead atoms. The van der Waals surface area contributed by atoms with Gasteiger partial charge in [0.1, 0.15) is 11.5 Å². The molecule has 0 fully saturated rings. The SMILES string of the molecule is COCC1(C)c2cc(-c3ccc(OC)cc3)ccc2N[C@@H]2c3ccccc3OC[C@@H]21. The van der Waals surface area contributed by atoms with Crippen molar-refractivity contribution in [2.75, 3.05) is 32.8 Å². The second-order valence-electron chi connectivity index (χ2n) is 8.42. The van der Waals surface area contributed by atoms with Gasteiger partial charge in [-0.25, -0.2) is 0 Å². The molecule has 2 heterocycles. The first-order chi connectivity index (χ1) is 14.6. The summed E-state index contributed by atoms with van der Waals surface area (Å²) in [5, 5.41) is 3.81. The molecule has 3 aromatic rings. The lowest BCUT2D eigenvalue weighted by Gasteiger charge is -2.50. The average molecular weight is 402 g/mol. The number of para-hydroxylation sites is 1. The predicted octanol–water partition coefficient (Wildman–Crippen LogP) is 5.44. The highest BCUT2D eigenvalue weighted by atomic mass is 16.5. The molecule has 0 saturated carbocycles. The topological polar surface area (TPSA) is 39.7 Å². The molecule has 1 unspecified atom stereocenters. The van der Waals surface area contributed by atoms with E-state index in [1.807, 2.05) is 18.2 Å². The summed E-state index contributed by atoms with van der Waals surface area (Å²) >= 11 is 0. The van der Waals surface area contributed by atoms with Crippen molar-refractivity contribution in [1.82, 2.24) is 0 Å². The van der Waals surface area contributed by atoms with Crippen LogP contribution < -0.4 is 14.8 Å². The highest BCUT2D eigenvalue weighted by Gasteiger charge is 2.49. The Morgan fingerprint density at radius 2 is 1.77 bits per heavy atom. The fourth-order valence-electron chi connectivity index (χ4n) is 5.05. The Hall–Kier alpha value is -2.98. The molecule has 0 spiro atoms. The fraction of sp³-hybridized carbons (Fsp3) is 0.308. The molecule has 1 N–H and O–H groups in total. The second-order valence-corrected chi connectivity index (χ2v) is 8.42. The van der Waals surface area contributed by atoms with Gasteiger partial charge in [0.25, 0.3) is 0 Å². The van der Waals surface area contributed by atoms with E-state index in [-0.39, 0.29) is 17.4 Å². The monoisotopic (exact) mass is 401 g/mol. The summed E-state index contributed by atoms with van der Waals surface area (Å²) in [7, 11) is 3.48. The van der Waals surface area contributed by atoms with Crippen LogP contribution in [-0.2, 0) is 10.2 Å². The third-order valence-electron chi connectivity index (χ3n) is 6.71. The van der Waals surface area contributed by atoms with Gasteiger partial charge in [-0.1, -0.05) is 43.3 Å². The van der Waals surface area contributed by atoms with Gasteiger partial charge in [-0.2, -0.15) is 0 Å². The van der Waals surface area contributed by atoms with Crippen molar-refractivity contribution in [2.24, 2.45) is 5.92 Å². The van der Waals surface area contributed by atoms with Gasteiger partial charge in [0.15, 0.2) is 0 Å². The van der Waals surface area contributed by atoms with Crippen molar-refractivity contribution >= 4 is 5.69 Å². The van der Waals surface area contributed by atoms with Gasteiger partial charge in [0.05, 0.1) is 26.4 Å². The van der Waals surface area contributed by atoms with Gasteiger partial charge in [0, 0.05) is 29.7 Å². The van der Waals surface area contributed by atoms with Crippen molar-refractivity contribution in [3.63, 3.8) is 0 Å². The van der Waals surface area contributed by atoms with E-state index >= 15 is 0 Å². The molecule has 0 aliphatic carbocycles. The summed E-state index contributed by atoms with van der Waals surface area (Å²) in [6, 6.07) is 23.5. The van der Waals surface area contributed by atoms with Crippen LogP contribution >= 0.6 is 0 Å². The minimum Gasteiger partial charge on any atom is -0.497 e. The lowest BCUT2D eigenvalue weighted by atomic mass is 9.64. The van der Waals surface area contributed by atoms with Crippen LogP contribution in [0.5, 0.6) is 11.5 Å². The Bertz CT molecular complexity index is 1060. The molecule has 2 aliphatic rings. The van der Waals surface area contributed by atoms with E-state index in [4.69, 9.17) is 14.2 Å². The summed E-state index contributed by atoms with van der Waals surface area (Å²) in [5.74, 6) is 2.11. The highest BCUT2D eigenvalue weighted by molar-refractivity contribution is 5.72. The molecule has 4 heteroatoms. The van der Waals surface area contributed by atoms with E-state index in [0.29, 0.717) is 13.2 Å². The van der Waals surface area contributed by atoms with E-state index in [1.54, 1.807) is 14.2 Å². The van der Waals surface area contributed by atoms with Crippen LogP contribution in [0.25, 0.3) is 11.1 Å². The third-order valence-corrected chi connectivity index (χ3v) is 6.71. The molecular formula is C26H27NO3. The first kappa shape index (κ1) is 19.0. The molecule has 30 heavy (non-hydrogen) atoms. The normalized spacial score (nSPS) is 24.0. The molecule has 4 nitrogen and oxygen atoms in total. The smallest absolute Gasteiger partial charge is 0.124 e. The second kappa shape index (κ2) is 7.37. The zero-order valence-electron chi connectivity index (χ0n) is 17.6. The van der Waals surface area contributed by atoms with E-state index in [9.17, 15) is 0 Å². The Labute approximate surface area is 177 Å². The van der Waals surface area contributed by atoms with Crippen molar-refractivity contribution in [1.29, 1.82) is 0 Å². The Balaban J connectivity index is 1.61. The maximum atomic E-state index is 6.18. The average Bonchev–Trinajstić information content (AvgIpc) is 2.79. The first-order valence-electron chi connectivity index (χ1n) is 10.4. The van der Waals surface area contributed by atoms with E-state index in [0.717, 1.165) is 11.5 Å². The van der Waals surface area contributed by atoms with Crippen LogP contribution in [0.4, 0.5) is 5.69 Å². The van der Waals surface area contributed by atoms with Crippen LogP contribution in [0.3, 0.4) is 0 Å². The fourth-order valence-corrected chi connectivity index (χ4v) is 5.05. The Kier molecular flexibility index (Phi) is 4.67. The number of nitrogens with one attached hydrogen (secondary N) is 1. The molecule has 0 saturated heterocycles. The number of ether oxygens (including phenoxy) is 3. The molecule has 3 atom stereocenters. The number of methoxy groups -OCH3 is 2. The Morgan fingerprint density at radius 1 is 1.00 bits per heavy atom. The number of fused-ring (bicyclic) bond motifs is 4. The number of anilines is 1. The van der Waals surface area contributed by atoms with Crippen molar-refractivity contribution < 1.29 is 14.2 Å². The Morgan fingerprint density at radius 3 is 2.53 bits per heavy atom. The summed E-state index contributed by atoms with van der Waals surface area (Å²) in [6.07, 6.45) is 0. The van der Waals surface area contributed by atoms with Gasteiger partial charge < -0.3 is 19.5 Å². The maximum absolute atomic E-state index is 6.18. The molecule has 5 rings (SSSR count). The van der Waals surface area contributed by atoms with Gasteiger partial charge in [-0.05, 0) is 47.0 Å². The summed E-state index contributed by atoms with van der Waals surface area (Å²) in [6.45, 7) is 3.62. The zero-order chi connectivity index (χ0) is 20.7. The number of rotatable bonds is 4. The number of hydrogen-bond donors (Lipinski definition) is 1. The summed E-state index contributed by atoms with van der Waals surface area (Å²) < 4.78 is 17.2. The van der Waals surface area contributed by atoms with Crippen molar-refractivity contribution in [3.05, 3.63) is 77.9 Å². The first-order valence-corrected chi connectivity index (χ1v) is 10.4. The van der Waals surface area contributed by atoms with Gasteiger partial charge in [0.2, 0.25) is 0 Å². The molecular weight excluding hydrogens is 374 g/mol. The zero-order valence-corrected chi connectivity index (χ0v) is 17.6. The minimum absolute atomic E-state index is 0.171. The quantitative estimate of drug-likeness (QED) is 0.632. The number of benzene rings is 3. The predicted molar refractivity (Wildman–Crippen MR) is 119 cm³/mol. The van der Waals surface area contributed by atoms with Gasteiger partial charge >= 0.3 is 0 Å². The standard InChI is InChI=1S/C26H27NO3/c1-26(16-28-2)21-14-18(17-8-11-19(29-3)12-9-17)10-13-23(21)27-25-20-6-4-5-7-24(20)30-15-22(25)26/h4-14,22,25,27H,15-16H2,1-3H3/t22-,25+,26?/m0/s1. The van der Waals surface area contributed by atoms with Crippen LogP contribution in [-0.4, -0.2) is 27.4 Å². The van der Waals surface area contributed by atoms with Crippen LogP contribution in [0.2, 0.25) is 0 Å². The maximum Gasteiger partial charge on any atom is 0.124 e. The lowest BCUT2D eigenvalue weighted by Crippen LogP contribution is -2.50. The van der Waals surface area contributed by atoms with E-state index < -0.39 is 0 Å². The molecule has 2 aliphatic heterocycles. The summed E-state index contributed by atoms with van der Waals surface area (Å²) in [5.41, 5.74) is 5.87. The minimum atomic E-state index is -0.171. The third kappa shape index (κ3) is 2.94.